The van der Waals surface area contributed by atoms with Crippen LogP contribution in [0.15, 0.2) is 54.6 Å². The van der Waals surface area contributed by atoms with Crippen LogP contribution in [0.5, 0.6) is 0 Å². The SMILES string of the molecule is FC(F)c1c(-c2ccccc2)[nH]c2ccccc12. The maximum Gasteiger partial charge on any atom is 0.266 e. The Hall–Kier alpha value is -2.16. The van der Waals surface area contributed by atoms with Gasteiger partial charge in [-0.3, -0.25) is 0 Å². The van der Waals surface area contributed by atoms with Gasteiger partial charge in [-0.2, -0.15) is 0 Å². The molecule has 0 amide bonds. The Morgan fingerprint density at radius 3 is 2.22 bits per heavy atom. The van der Waals surface area contributed by atoms with Crippen molar-refractivity contribution >= 4 is 10.9 Å². The molecule has 0 radical (unpaired) electrons. The fraction of sp³-hybridized carbons (Fsp3) is 0.0667. The average molecular weight is 243 g/mol. The number of para-hydroxylation sites is 1. The maximum atomic E-state index is 13.3. The highest BCUT2D eigenvalue weighted by Gasteiger charge is 2.20. The van der Waals surface area contributed by atoms with E-state index in [0.29, 0.717) is 11.1 Å². The Labute approximate surface area is 103 Å². The number of alkyl halides is 2. The topological polar surface area (TPSA) is 15.8 Å². The van der Waals surface area contributed by atoms with Crippen LogP contribution in [-0.2, 0) is 0 Å². The highest BCUT2D eigenvalue weighted by molar-refractivity contribution is 5.91. The number of halogens is 2. The molecule has 0 aliphatic rings. The number of rotatable bonds is 2. The van der Waals surface area contributed by atoms with Crippen LogP contribution in [0.4, 0.5) is 8.78 Å². The number of benzene rings is 2. The van der Waals surface area contributed by atoms with Crippen molar-refractivity contribution < 1.29 is 8.78 Å². The molecule has 1 N–H and O–H groups in total. The molecule has 1 nitrogen and oxygen atoms in total. The van der Waals surface area contributed by atoms with Gasteiger partial charge >= 0.3 is 0 Å². The molecule has 0 atom stereocenters. The van der Waals surface area contributed by atoms with E-state index in [9.17, 15) is 8.78 Å². The summed E-state index contributed by atoms with van der Waals surface area (Å²) in [5, 5.41) is 0.589. The minimum atomic E-state index is -2.49. The van der Waals surface area contributed by atoms with Gasteiger partial charge in [0.25, 0.3) is 6.43 Å². The summed E-state index contributed by atoms with van der Waals surface area (Å²) in [6.45, 7) is 0. The third kappa shape index (κ3) is 1.68. The van der Waals surface area contributed by atoms with Crippen LogP contribution in [0.1, 0.15) is 12.0 Å². The van der Waals surface area contributed by atoms with E-state index < -0.39 is 6.43 Å². The molecule has 2 aromatic carbocycles. The lowest BCUT2D eigenvalue weighted by atomic mass is 10.1. The summed E-state index contributed by atoms with van der Waals surface area (Å²) in [6.07, 6.45) is -2.49. The third-order valence-corrected chi connectivity index (χ3v) is 3.03. The lowest BCUT2D eigenvalue weighted by Gasteiger charge is -2.03. The number of hydrogen-bond acceptors (Lipinski definition) is 0. The largest absolute Gasteiger partial charge is 0.354 e. The van der Waals surface area contributed by atoms with Crippen molar-refractivity contribution in [3.05, 3.63) is 60.2 Å². The molecule has 3 heteroatoms. The number of fused-ring (bicyclic) bond motifs is 1. The zero-order valence-corrected chi connectivity index (χ0v) is 9.53. The van der Waals surface area contributed by atoms with E-state index in [1.54, 1.807) is 12.1 Å². The molecule has 18 heavy (non-hydrogen) atoms. The number of hydrogen-bond donors (Lipinski definition) is 1. The average Bonchev–Trinajstić information content (AvgIpc) is 2.79. The van der Waals surface area contributed by atoms with Crippen LogP contribution in [0.25, 0.3) is 22.2 Å². The number of H-pyrrole nitrogens is 1. The van der Waals surface area contributed by atoms with Crippen LogP contribution in [-0.4, -0.2) is 4.98 Å². The minimum Gasteiger partial charge on any atom is -0.354 e. The molecular weight excluding hydrogens is 232 g/mol. The minimum absolute atomic E-state index is 0.0804. The zero-order valence-electron chi connectivity index (χ0n) is 9.53. The lowest BCUT2D eigenvalue weighted by Crippen LogP contribution is -1.87. The number of aromatic amines is 1. The summed E-state index contributed by atoms with van der Waals surface area (Å²) in [7, 11) is 0. The Bertz CT molecular complexity index is 671. The zero-order chi connectivity index (χ0) is 12.5. The normalized spacial score (nSPS) is 11.3. The highest BCUT2D eigenvalue weighted by atomic mass is 19.3. The predicted octanol–water partition coefficient (Wildman–Crippen LogP) is 4.77. The van der Waals surface area contributed by atoms with Gasteiger partial charge in [-0.25, -0.2) is 8.78 Å². The van der Waals surface area contributed by atoms with Gasteiger partial charge in [-0.05, 0) is 11.6 Å². The van der Waals surface area contributed by atoms with Gasteiger partial charge in [0.2, 0.25) is 0 Å². The molecule has 0 spiro atoms. The van der Waals surface area contributed by atoms with Crippen molar-refractivity contribution in [1.82, 2.24) is 4.98 Å². The summed E-state index contributed by atoms with van der Waals surface area (Å²) in [5.74, 6) is 0. The van der Waals surface area contributed by atoms with Crippen LogP contribution >= 0.6 is 0 Å². The molecule has 0 fully saturated rings. The van der Waals surface area contributed by atoms with Gasteiger partial charge in [0.1, 0.15) is 0 Å². The fourth-order valence-corrected chi connectivity index (χ4v) is 2.22. The molecule has 0 saturated carbocycles. The quantitative estimate of drug-likeness (QED) is 0.667. The molecule has 90 valence electrons. The second-order valence-corrected chi connectivity index (χ2v) is 4.13. The summed E-state index contributed by atoms with van der Waals surface area (Å²) >= 11 is 0. The van der Waals surface area contributed by atoms with Gasteiger partial charge in [-0.15, -0.1) is 0 Å². The first kappa shape index (κ1) is 11.0. The first-order valence-electron chi connectivity index (χ1n) is 5.71. The van der Waals surface area contributed by atoms with Crippen molar-refractivity contribution in [3.63, 3.8) is 0 Å². The van der Waals surface area contributed by atoms with Crippen molar-refractivity contribution in [2.24, 2.45) is 0 Å². The summed E-state index contributed by atoms with van der Waals surface area (Å²) in [4.78, 5) is 3.08. The highest BCUT2D eigenvalue weighted by Crippen LogP contribution is 2.36. The molecule has 1 aromatic heterocycles. The van der Waals surface area contributed by atoms with E-state index in [-0.39, 0.29) is 5.56 Å². The van der Waals surface area contributed by atoms with Crippen molar-refractivity contribution in [3.8, 4) is 11.3 Å². The summed E-state index contributed by atoms with van der Waals surface area (Å²) < 4.78 is 26.5. The van der Waals surface area contributed by atoms with Crippen LogP contribution < -0.4 is 0 Å². The van der Waals surface area contributed by atoms with Gasteiger partial charge in [0, 0.05) is 10.9 Å². The Balaban J connectivity index is 2.32. The standard InChI is InChI=1S/C15H11F2N/c16-15(17)13-11-8-4-5-9-12(11)18-14(13)10-6-2-1-3-7-10/h1-9,15,18H. The molecule has 0 aliphatic carbocycles. The van der Waals surface area contributed by atoms with E-state index in [1.165, 1.54) is 0 Å². The van der Waals surface area contributed by atoms with E-state index in [4.69, 9.17) is 0 Å². The van der Waals surface area contributed by atoms with E-state index in [1.807, 2.05) is 42.5 Å². The molecule has 0 bridgehead atoms. The van der Waals surface area contributed by atoms with Gasteiger partial charge in [0.15, 0.2) is 0 Å². The molecule has 3 rings (SSSR count). The molecule has 1 heterocycles. The second kappa shape index (κ2) is 4.26. The van der Waals surface area contributed by atoms with E-state index in [0.717, 1.165) is 11.1 Å². The van der Waals surface area contributed by atoms with Gasteiger partial charge < -0.3 is 4.98 Å². The van der Waals surface area contributed by atoms with E-state index in [2.05, 4.69) is 4.98 Å². The Morgan fingerprint density at radius 1 is 0.833 bits per heavy atom. The monoisotopic (exact) mass is 243 g/mol. The first-order chi connectivity index (χ1) is 8.77. The van der Waals surface area contributed by atoms with E-state index >= 15 is 0 Å². The third-order valence-electron chi connectivity index (χ3n) is 3.03. The Morgan fingerprint density at radius 2 is 1.50 bits per heavy atom. The predicted molar refractivity (Wildman–Crippen MR) is 68.7 cm³/mol. The summed E-state index contributed by atoms with van der Waals surface area (Å²) in [5.41, 5.74) is 2.11. The molecular formula is C15H11F2N. The van der Waals surface area contributed by atoms with Crippen LogP contribution in [0.3, 0.4) is 0 Å². The molecule has 0 aliphatic heterocycles. The lowest BCUT2D eigenvalue weighted by molar-refractivity contribution is 0.154. The smallest absolute Gasteiger partial charge is 0.266 e. The summed E-state index contributed by atoms with van der Waals surface area (Å²) in [6, 6.07) is 16.4. The van der Waals surface area contributed by atoms with Crippen LogP contribution in [0, 0.1) is 0 Å². The first-order valence-corrected chi connectivity index (χ1v) is 5.71. The van der Waals surface area contributed by atoms with Gasteiger partial charge in [0.05, 0.1) is 11.3 Å². The maximum absolute atomic E-state index is 13.3. The number of aromatic nitrogens is 1. The van der Waals surface area contributed by atoms with Crippen molar-refractivity contribution in [1.29, 1.82) is 0 Å². The van der Waals surface area contributed by atoms with Crippen molar-refractivity contribution in [2.75, 3.05) is 0 Å². The second-order valence-electron chi connectivity index (χ2n) is 4.13. The van der Waals surface area contributed by atoms with Gasteiger partial charge in [-0.1, -0.05) is 48.5 Å². The molecule has 3 aromatic rings. The fourth-order valence-electron chi connectivity index (χ4n) is 2.22. The molecule has 0 saturated heterocycles. The van der Waals surface area contributed by atoms with Crippen LogP contribution in [0.2, 0.25) is 0 Å². The number of nitrogens with one attached hydrogen (secondary N) is 1. The molecule has 0 unspecified atom stereocenters. The Kier molecular flexibility index (Phi) is 2.59. The van der Waals surface area contributed by atoms with Crippen molar-refractivity contribution in [2.45, 2.75) is 6.43 Å².